The summed E-state index contributed by atoms with van der Waals surface area (Å²) in [7, 11) is 0. The lowest BCUT2D eigenvalue weighted by molar-refractivity contribution is 0.101. The minimum Gasteiger partial charge on any atom is -0.295 e. The summed E-state index contributed by atoms with van der Waals surface area (Å²) >= 11 is 0. The highest BCUT2D eigenvalue weighted by molar-refractivity contribution is 5.96. The zero-order chi connectivity index (χ0) is 10.0. The number of ketones is 1. The van der Waals surface area contributed by atoms with Crippen molar-refractivity contribution in [3.8, 4) is 0 Å². The van der Waals surface area contributed by atoms with Gasteiger partial charge in [-0.1, -0.05) is 18.6 Å². The van der Waals surface area contributed by atoms with E-state index in [4.69, 9.17) is 0 Å². The second kappa shape index (κ2) is 3.73. The Hall–Kier alpha value is -1.11. The van der Waals surface area contributed by atoms with Gasteiger partial charge in [0.2, 0.25) is 0 Å². The topological polar surface area (TPSA) is 17.1 Å². The van der Waals surface area contributed by atoms with Gasteiger partial charge in [-0.25, -0.2) is 0 Å². The fourth-order valence-corrected chi connectivity index (χ4v) is 1.78. The van der Waals surface area contributed by atoms with Crippen molar-refractivity contribution in [1.82, 2.24) is 0 Å². The molecule has 0 aliphatic rings. The molecule has 0 N–H and O–H groups in total. The Morgan fingerprint density at radius 1 is 1.31 bits per heavy atom. The third kappa shape index (κ3) is 1.97. The summed E-state index contributed by atoms with van der Waals surface area (Å²) in [5, 5.41) is 0. The van der Waals surface area contributed by atoms with Gasteiger partial charge in [0.15, 0.2) is 5.78 Å². The lowest BCUT2D eigenvalue weighted by Crippen LogP contribution is -2.01. The van der Waals surface area contributed by atoms with Crippen molar-refractivity contribution in [2.75, 3.05) is 0 Å². The third-order valence-corrected chi connectivity index (χ3v) is 2.35. The van der Waals surface area contributed by atoms with Gasteiger partial charge in [-0.3, -0.25) is 4.79 Å². The van der Waals surface area contributed by atoms with E-state index in [1.54, 1.807) is 6.92 Å². The molecule has 0 amide bonds. The predicted molar refractivity (Wildman–Crippen MR) is 55.3 cm³/mol. The summed E-state index contributed by atoms with van der Waals surface area (Å²) in [6, 6.07) is 4.11. The van der Waals surface area contributed by atoms with Crippen LogP contribution in [0.25, 0.3) is 0 Å². The molecule has 0 spiro atoms. The molecule has 0 fully saturated rings. The minimum atomic E-state index is 0.170. The van der Waals surface area contributed by atoms with Crippen LogP contribution in [0.4, 0.5) is 0 Å². The van der Waals surface area contributed by atoms with Crippen molar-refractivity contribution in [2.24, 2.45) is 0 Å². The Labute approximate surface area is 79.8 Å². The van der Waals surface area contributed by atoms with Crippen molar-refractivity contribution in [3.05, 3.63) is 34.4 Å². The highest BCUT2D eigenvalue weighted by Gasteiger charge is 2.08. The molecular weight excluding hydrogens is 160 g/mol. The molecular formula is C12H16O. The maximum Gasteiger partial charge on any atom is 0.160 e. The van der Waals surface area contributed by atoms with E-state index >= 15 is 0 Å². The summed E-state index contributed by atoms with van der Waals surface area (Å²) in [5.74, 6) is 0.170. The molecule has 0 aliphatic carbocycles. The van der Waals surface area contributed by atoms with Gasteiger partial charge >= 0.3 is 0 Å². The molecule has 70 valence electrons. The molecule has 0 heterocycles. The van der Waals surface area contributed by atoms with Gasteiger partial charge in [0.05, 0.1) is 0 Å². The fraction of sp³-hybridized carbons (Fsp3) is 0.417. The molecule has 0 bridgehead atoms. The quantitative estimate of drug-likeness (QED) is 0.633. The molecule has 0 radical (unpaired) electrons. The van der Waals surface area contributed by atoms with E-state index in [0.717, 1.165) is 12.0 Å². The van der Waals surface area contributed by atoms with Crippen molar-refractivity contribution >= 4 is 5.78 Å². The fourth-order valence-electron chi connectivity index (χ4n) is 1.78. The highest BCUT2D eigenvalue weighted by Crippen LogP contribution is 2.18. The monoisotopic (exact) mass is 176 g/mol. The molecule has 0 saturated heterocycles. The molecule has 0 atom stereocenters. The number of benzene rings is 1. The van der Waals surface area contributed by atoms with Gasteiger partial charge < -0.3 is 0 Å². The number of Topliss-reactive ketones (excluding diaryl/α,β-unsaturated/α-hetero) is 1. The lowest BCUT2D eigenvalue weighted by Gasteiger charge is -2.09. The van der Waals surface area contributed by atoms with Crippen LogP contribution in [0.2, 0.25) is 0 Å². The van der Waals surface area contributed by atoms with Crippen LogP contribution in [0.3, 0.4) is 0 Å². The summed E-state index contributed by atoms with van der Waals surface area (Å²) < 4.78 is 0. The molecule has 0 saturated carbocycles. The van der Waals surface area contributed by atoms with Gasteiger partial charge in [0, 0.05) is 5.56 Å². The number of aryl methyl sites for hydroxylation is 2. The minimum absolute atomic E-state index is 0.170. The summed E-state index contributed by atoms with van der Waals surface area (Å²) in [6.07, 6.45) is 0.932. The molecule has 1 aromatic carbocycles. The zero-order valence-corrected chi connectivity index (χ0v) is 8.77. The van der Waals surface area contributed by atoms with Crippen LogP contribution in [0.15, 0.2) is 12.1 Å². The molecule has 0 aliphatic heterocycles. The van der Waals surface area contributed by atoms with Crippen LogP contribution in [-0.2, 0) is 6.42 Å². The maximum atomic E-state index is 11.3. The van der Waals surface area contributed by atoms with Crippen LogP contribution in [0, 0.1) is 13.8 Å². The molecule has 0 aromatic heterocycles. The van der Waals surface area contributed by atoms with Crippen molar-refractivity contribution < 1.29 is 4.79 Å². The summed E-state index contributed by atoms with van der Waals surface area (Å²) in [4.78, 5) is 11.3. The van der Waals surface area contributed by atoms with E-state index in [2.05, 4.69) is 19.9 Å². The van der Waals surface area contributed by atoms with Crippen LogP contribution < -0.4 is 0 Å². The second-order valence-corrected chi connectivity index (χ2v) is 3.52. The van der Waals surface area contributed by atoms with Gasteiger partial charge in [-0.05, 0) is 44.4 Å². The Morgan fingerprint density at radius 3 is 2.38 bits per heavy atom. The average molecular weight is 176 g/mol. The van der Waals surface area contributed by atoms with E-state index in [1.165, 1.54) is 16.7 Å². The molecule has 1 aromatic rings. The number of rotatable bonds is 2. The van der Waals surface area contributed by atoms with E-state index in [-0.39, 0.29) is 5.78 Å². The second-order valence-electron chi connectivity index (χ2n) is 3.52. The maximum absolute atomic E-state index is 11.3. The smallest absolute Gasteiger partial charge is 0.160 e. The van der Waals surface area contributed by atoms with E-state index in [9.17, 15) is 4.79 Å². The van der Waals surface area contributed by atoms with Crippen molar-refractivity contribution in [1.29, 1.82) is 0 Å². The Kier molecular flexibility index (Phi) is 2.86. The van der Waals surface area contributed by atoms with Gasteiger partial charge in [0.25, 0.3) is 0 Å². The van der Waals surface area contributed by atoms with E-state index in [0.29, 0.717) is 0 Å². The zero-order valence-electron chi connectivity index (χ0n) is 8.77. The van der Waals surface area contributed by atoms with E-state index in [1.807, 2.05) is 13.0 Å². The average Bonchev–Trinajstić information content (AvgIpc) is 2.02. The standard InChI is InChI=1S/C12H16O/c1-5-11-9(3)6-8(2)7-12(11)10(4)13/h6-7H,5H2,1-4H3. The Bertz CT molecular complexity index is 337. The molecule has 1 nitrogen and oxygen atoms in total. The number of carbonyl (C=O) groups is 1. The largest absolute Gasteiger partial charge is 0.295 e. The number of carbonyl (C=O) groups excluding carboxylic acids is 1. The molecule has 0 unspecified atom stereocenters. The SMILES string of the molecule is CCc1c(C)cc(C)cc1C(C)=O. The first-order valence-corrected chi connectivity index (χ1v) is 4.67. The number of hydrogen-bond donors (Lipinski definition) is 0. The Balaban J connectivity index is 3.38. The first kappa shape index (κ1) is 9.97. The molecule has 13 heavy (non-hydrogen) atoms. The van der Waals surface area contributed by atoms with Crippen LogP contribution in [0.1, 0.15) is 40.9 Å². The predicted octanol–water partition coefficient (Wildman–Crippen LogP) is 3.07. The first-order valence-electron chi connectivity index (χ1n) is 4.67. The van der Waals surface area contributed by atoms with Gasteiger partial charge in [-0.2, -0.15) is 0 Å². The lowest BCUT2D eigenvalue weighted by atomic mass is 9.95. The van der Waals surface area contributed by atoms with Crippen LogP contribution in [-0.4, -0.2) is 5.78 Å². The molecule has 1 heteroatoms. The first-order chi connectivity index (χ1) is 6.06. The van der Waals surface area contributed by atoms with Crippen molar-refractivity contribution in [2.45, 2.75) is 34.1 Å². The van der Waals surface area contributed by atoms with Crippen LogP contribution >= 0.6 is 0 Å². The highest BCUT2D eigenvalue weighted by atomic mass is 16.1. The molecule has 1 rings (SSSR count). The van der Waals surface area contributed by atoms with Gasteiger partial charge in [-0.15, -0.1) is 0 Å². The normalized spacial score (nSPS) is 10.2. The van der Waals surface area contributed by atoms with Gasteiger partial charge in [0.1, 0.15) is 0 Å². The van der Waals surface area contributed by atoms with Crippen LogP contribution in [0.5, 0.6) is 0 Å². The van der Waals surface area contributed by atoms with Crippen molar-refractivity contribution in [3.63, 3.8) is 0 Å². The third-order valence-electron chi connectivity index (χ3n) is 2.35. The number of hydrogen-bond acceptors (Lipinski definition) is 1. The van der Waals surface area contributed by atoms with E-state index < -0.39 is 0 Å². The summed E-state index contributed by atoms with van der Waals surface area (Å²) in [5.41, 5.74) is 4.48. The summed E-state index contributed by atoms with van der Waals surface area (Å²) in [6.45, 7) is 7.81. The Morgan fingerprint density at radius 2 is 1.92 bits per heavy atom.